The van der Waals surface area contributed by atoms with Gasteiger partial charge in [0.2, 0.25) is 0 Å². The maximum absolute atomic E-state index is 9.14. The first-order chi connectivity index (χ1) is 9.49. The van der Waals surface area contributed by atoms with E-state index in [2.05, 4.69) is 21.0 Å². The van der Waals surface area contributed by atoms with Gasteiger partial charge in [-0.15, -0.1) is 0 Å². The molecular formula is C15H14N4O. The maximum atomic E-state index is 9.14. The van der Waals surface area contributed by atoms with Crippen LogP contribution in [0.3, 0.4) is 0 Å². The number of aromatic nitrogens is 3. The number of aryl methyl sites for hydroxylation is 1. The molecule has 2 heterocycles. The molecule has 3 rings (SSSR count). The summed E-state index contributed by atoms with van der Waals surface area (Å²) in [7, 11) is 0. The number of H-pyrrole nitrogens is 1. The number of fused-ring (bicyclic) bond motifs is 1. The molecule has 0 bridgehead atoms. The molecule has 0 aliphatic heterocycles. The SMILES string of the molecule is Cc1nc2cc(-c3cnc(C(C)(C)C#N)[nH]3)ccc2o1. The van der Waals surface area contributed by atoms with Crippen molar-refractivity contribution in [3.63, 3.8) is 0 Å². The Morgan fingerprint density at radius 1 is 1.35 bits per heavy atom. The van der Waals surface area contributed by atoms with Gasteiger partial charge in [0.15, 0.2) is 11.5 Å². The molecule has 0 amide bonds. The molecule has 0 spiro atoms. The Kier molecular flexibility index (Phi) is 2.61. The molecule has 0 unspecified atom stereocenters. The number of rotatable bonds is 2. The highest BCUT2D eigenvalue weighted by molar-refractivity contribution is 5.79. The zero-order valence-electron chi connectivity index (χ0n) is 11.6. The lowest BCUT2D eigenvalue weighted by molar-refractivity contribution is 0.561. The van der Waals surface area contributed by atoms with E-state index in [1.807, 2.05) is 39.0 Å². The van der Waals surface area contributed by atoms with Gasteiger partial charge in [-0.3, -0.25) is 0 Å². The number of benzene rings is 1. The third-order valence-electron chi connectivity index (χ3n) is 3.25. The highest BCUT2D eigenvalue weighted by Gasteiger charge is 2.23. The smallest absolute Gasteiger partial charge is 0.192 e. The van der Waals surface area contributed by atoms with Gasteiger partial charge in [0.1, 0.15) is 16.8 Å². The number of nitrogens with zero attached hydrogens (tertiary/aromatic N) is 3. The third kappa shape index (κ3) is 1.95. The van der Waals surface area contributed by atoms with Crippen LogP contribution >= 0.6 is 0 Å². The third-order valence-corrected chi connectivity index (χ3v) is 3.25. The summed E-state index contributed by atoms with van der Waals surface area (Å²) in [6, 6.07) is 8.02. The normalized spacial score (nSPS) is 11.7. The Morgan fingerprint density at radius 3 is 2.90 bits per heavy atom. The first kappa shape index (κ1) is 12.4. The zero-order chi connectivity index (χ0) is 14.3. The summed E-state index contributed by atoms with van der Waals surface area (Å²) in [5, 5.41) is 9.14. The summed E-state index contributed by atoms with van der Waals surface area (Å²) in [5.74, 6) is 1.31. The number of hydrogen-bond donors (Lipinski definition) is 1. The average Bonchev–Trinajstić information content (AvgIpc) is 3.02. The number of aromatic amines is 1. The highest BCUT2D eigenvalue weighted by Crippen LogP contribution is 2.26. The number of oxazole rings is 1. The predicted molar refractivity (Wildman–Crippen MR) is 75.0 cm³/mol. The molecule has 0 aliphatic rings. The Morgan fingerprint density at radius 2 is 2.15 bits per heavy atom. The molecule has 2 aromatic heterocycles. The summed E-state index contributed by atoms with van der Waals surface area (Å²) >= 11 is 0. The standard InChI is InChI=1S/C15H14N4O/c1-9-18-11-6-10(4-5-13(11)20-9)12-7-17-14(19-12)15(2,3)8-16/h4-7H,1-3H3,(H,17,19). The van der Waals surface area contributed by atoms with Gasteiger partial charge in [-0.1, -0.05) is 0 Å². The summed E-state index contributed by atoms with van der Waals surface area (Å²) < 4.78 is 5.46. The monoisotopic (exact) mass is 266 g/mol. The lowest BCUT2D eigenvalue weighted by Crippen LogP contribution is -2.15. The van der Waals surface area contributed by atoms with Crippen LogP contribution in [0.4, 0.5) is 0 Å². The van der Waals surface area contributed by atoms with Crippen molar-refractivity contribution in [1.82, 2.24) is 15.0 Å². The Hall–Kier alpha value is -2.61. The van der Waals surface area contributed by atoms with Crippen LogP contribution < -0.4 is 0 Å². The molecule has 1 N–H and O–H groups in total. The van der Waals surface area contributed by atoms with Crippen LogP contribution in [-0.2, 0) is 5.41 Å². The molecule has 20 heavy (non-hydrogen) atoms. The summed E-state index contributed by atoms with van der Waals surface area (Å²) in [5.41, 5.74) is 2.79. The van der Waals surface area contributed by atoms with Gasteiger partial charge in [0, 0.05) is 12.5 Å². The van der Waals surface area contributed by atoms with Crippen LogP contribution in [0, 0.1) is 18.3 Å². The van der Waals surface area contributed by atoms with E-state index in [0.29, 0.717) is 11.7 Å². The highest BCUT2D eigenvalue weighted by atomic mass is 16.3. The van der Waals surface area contributed by atoms with E-state index >= 15 is 0 Å². The van der Waals surface area contributed by atoms with E-state index in [4.69, 9.17) is 9.68 Å². The van der Waals surface area contributed by atoms with E-state index in [1.165, 1.54) is 0 Å². The van der Waals surface area contributed by atoms with E-state index in [9.17, 15) is 0 Å². The van der Waals surface area contributed by atoms with E-state index in [0.717, 1.165) is 22.4 Å². The predicted octanol–water partition coefficient (Wildman–Crippen LogP) is 3.33. The first-order valence-electron chi connectivity index (χ1n) is 6.34. The summed E-state index contributed by atoms with van der Waals surface area (Å²) in [6.07, 6.45) is 1.74. The fourth-order valence-corrected chi connectivity index (χ4v) is 2.05. The lowest BCUT2D eigenvalue weighted by Gasteiger charge is -2.10. The van der Waals surface area contributed by atoms with Crippen molar-refractivity contribution in [2.75, 3.05) is 0 Å². The second-order valence-electron chi connectivity index (χ2n) is 5.30. The van der Waals surface area contributed by atoms with E-state index in [1.54, 1.807) is 6.20 Å². The van der Waals surface area contributed by atoms with Crippen LogP contribution in [0.15, 0.2) is 28.8 Å². The van der Waals surface area contributed by atoms with Crippen molar-refractivity contribution >= 4 is 11.1 Å². The number of hydrogen-bond acceptors (Lipinski definition) is 4. The van der Waals surface area contributed by atoms with Crippen molar-refractivity contribution in [2.45, 2.75) is 26.2 Å². The lowest BCUT2D eigenvalue weighted by atomic mass is 9.95. The number of nitriles is 1. The number of imidazole rings is 1. The summed E-state index contributed by atoms with van der Waals surface area (Å²) in [4.78, 5) is 11.8. The van der Waals surface area contributed by atoms with Gasteiger partial charge in [-0.25, -0.2) is 9.97 Å². The second-order valence-corrected chi connectivity index (χ2v) is 5.30. The minimum absolute atomic E-state index is 0.632. The van der Waals surface area contributed by atoms with Crippen LogP contribution in [0.1, 0.15) is 25.6 Å². The molecule has 1 aromatic carbocycles. The van der Waals surface area contributed by atoms with Crippen LogP contribution in [-0.4, -0.2) is 15.0 Å². The molecular weight excluding hydrogens is 252 g/mol. The van der Waals surface area contributed by atoms with Crippen molar-refractivity contribution in [3.05, 3.63) is 36.1 Å². The minimum Gasteiger partial charge on any atom is -0.441 e. The average molecular weight is 266 g/mol. The van der Waals surface area contributed by atoms with Crippen LogP contribution in [0.2, 0.25) is 0 Å². The van der Waals surface area contributed by atoms with Gasteiger partial charge in [-0.2, -0.15) is 5.26 Å². The van der Waals surface area contributed by atoms with E-state index < -0.39 is 5.41 Å². The Balaban J connectivity index is 2.05. The number of nitrogens with one attached hydrogen (secondary N) is 1. The van der Waals surface area contributed by atoms with Crippen molar-refractivity contribution < 1.29 is 4.42 Å². The molecule has 0 fully saturated rings. The fraction of sp³-hybridized carbons (Fsp3) is 0.267. The molecule has 0 aliphatic carbocycles. The van der Waals surface area contributed by atoms with Gasteiger partial charge in [0.05, 0.1) is 18.0 Å². The first-order valence-corrected chi connectivity index (χ1v) is 6.34. The molecule has 5 heteroatoms. The van der Waals surface area contributed by atoms with Gasteiger partial charge >= 0.3 is 0 Å². The molecule has 0 saturated heterocycles. The molecule has 100 valence electrons. The van der Waals surface area contributed by atoms with Crippen molar-refractivity contribution in [3.8, 4) is 17.3 Å². The topological polar surface area (TPSA) is 78.5 Å². The molecule has 0 radical (unpaired) electrons. The molecule has 0 saturated carbocycles. The molecule has 5 nitrogen and oxygen atoms in total. The second kappa shape index (κ2) is 4.20. The fourth-order valence-electron chi connectivity index (χ4n) is 2.05. The Bertz CT molecular complexity index is 820. The quantitative estimate of drug-likeness (QED) is 0.771. The van der Waals surface area contributed by atoms with Crippen LogP contribution in [0.25, 0.3) is 22.4 Å². The van der Waals surface area contributed by atoms with Gasteiger partial charge < -0.3 is 9.40 Å². The summed E-state index contributed by atoms with van der Waals surface area (Å²) in [6.45, 7) is 5.49. The zero-order valence-corrected chi connectivity index (χ0v) is 11.6. The van der Waals surface area contributed by atoms with Gasteiger partial charge in [0.25, 0.3) is 0 Å². The minimum atomic E-state index is -0.632. The van der Waals surface area contributed by atoms with Gasteiger partial charge in [-0.05, 0) is 32.0 Å². The molecule has 0 atom stereocenters. The van der Waals surface area contributed by atoms with Crippen molar-refractivity contribution in [2.24, 2.45) is 0 Å². The maximum Gasteiger partial charge on any atom is 0.192 e. The van der Waals surface area contributed by atoms with Crippen molar-refractivity contribution in [1.29, 1.82) is 5.26 Å². The van der Waals surface area contributed by atoms with E-state index in [-0.39, 0.29) is 0 Å². The molecule has 3 aromatic rings. The van der Waals surface area contributed by atoms with Crippen LogP contribution in [0.5, 0.6) is 0 Å². The largest absolute Gasteiger partial charge is 0.441 e. The Labute approximate surface area is 116 Å².